The molecule has 0 aliphatic heterocycles. The number of fused-ring (bicyclic) bond motifs is 1. The number of halogens is 1. The molecule has 0 amide bonds. The van der Waals surface area contributed by atoms with Crippen molar-refractivity contribution < 1.29 is 0 Å². The fourth-order valence-corrected chi connectivity index (χ4v) is 4.11. The van der Waals surface area contributed by atoms with Crippen molar-refractivity contribution >= 4 is 22.6 Å². The van der Waals surface area contributed by atoms with Gasteiger partial charge in [0.15, 0.2) is 5.65 Å². The van der Waals surface area contributed by atoms with Crippen LogP contribution >= 0.6 is 11.6 Å². The van der Waals surface area contributed by atoms with Crippen LogP contribution in [0.25, 0.3) is 45.1 Å². The second-order valence-electron chi connectivity index (χ2n) is 7.85. The van der Waals surface area contributed by atoms with Crippen LogP contribution in [-0.4, -0.2) is 29.3 Å². The van der Waals surface area contributed by atoms with Gasteiger partial charge in [-0.25, -0.2) is 9.67 Å². The first kappa shape index (κ1) is 20.9. The zero-order valence-corrected chi connectivity index (χ0v) is 19.0. The first-order valence-electron chi connectivity index (χ1n) is 10.9. The molecule has 6 rings (SSSR count). The second-order valence-corrected chi connectivity index (χ2v) is 8.29. The molecule has 0 unspecified atom stereocenters. The molecule has 0 fully saturated rings. The average Bonchev–Trinajstić information content (AvgIpc) is 3.35. The lowest BCUT2D eigenvalue weighted by molar-refractivity contribution is 0.888. The molecule has 6 aromatic rings. The maximum atomic E-state index is 13.8. The predicted octanol–water partition coefficient (Wildman–Crippen LogP) is 5.35. The van der Waals surface area contributed by atoms with Gasteiger partial charge in [-0.2, -0.15) is 5.10 Å². The summed E-state index contributed by atoms with van der Waals surface area (Å²) in [4.78, 5) is 27.2. The standard InChI is InChI=1S/C27H17ClN6O/c28-20-10-12-21(13-11-20)33-25(19-8-6-18(7-9-19)24-17-29-14-15-30-24)32-26-23(27(33)35)16-31-34(26)22-4-2-1-3-5-22/h1-17H. The molecule has 0 atom stereocenters. The molecule has 168 valence electrons. The molecule has 0 aliphatic carbocycles. The van der Waals surface area contributed by atoms with Gasteiger partial charge in [0, 0.05) is 28.5 Å². The minimum Gasteiger partial charge on any atom is -0.268 e. The molecule has 0 aliphatic rings. The maximum Gasteiger partial charge on any atom is 0.269 e. The van der Waals surface area contributed by atoms with Crippen molar-refractivity contribution in [2.45, 2.75) is 0 Å². The van der Waals surface area contributed by atoms with Gasteiger partial charge in [-0.3, -0.25) is 19.3 Å². The normalized spacial score (nSPS) is 11.1. The Kier molecular flexibility index (Phi) is 5.16. The van der Waals surface area contributed by atoms with Crippen LogP contribution in [0.3, 0.4) is 0 Å². The van der Waals surface area contributed by atoms with E-state index in [1.807, 2.05) is 54.6 Å². The molecule has 3 heterocycles. The minimum atomic E-state index is -0.215. The van der Waals surface area contributed by atoms with E-state index in [1.165, 1.54) is 0 Å². The highest BCUT2D eigenvalue weighted by Crippen LogP contribution is 2.26. The number of rotatable bonds is 4. The molecule has 0 saturated heterocycles. The zero-order chi connectivity index (χ0) is 23.8. The molecule has 3 aromatic carbocycles. The number of nitrogens with zero attached hydrogens (tertiary/aromatic N) is 6. The average molecular weight is 477 g/mol. The van der Waals surface area contributed by atoms with Crippen LogP contribution in [0.5, 0.6) is 0 Å². The van der Waals surface area contributed by atoms with Gasteiger partial charge in [0.1, 0.15) is 11.2 Å². The summed E-state index contributed by atoms with van der Waals surface area (Å²) in [6.07, 6.45) is 6.56. The Labute approximate surface area is 205 Å². The summed E-state index contributed by atoms with van der Waals surface area (Å²) in [5.41, 5.74) is 4.20. The third-order valence-corrected chi connectivity index (χ3v) is 5.94. The van der Waals surface area contributed by atoms with Crippen molar-refractivity contribution in [3.8, 4) is 34.0 Å². The fraction of sp³-hybridized carbons (Fsp3) is 0. The highest BCUT2D eigenvalue weighted by molar-refractivity contribution is 6.30. The molecule has 35 heavy (non-hydrogen) atoms. The number of aromatic nitrogens is 6. The van der Waals surface area contributed by atoms with E-state index in [9.17, 15) is 4.79 Å². The molecule has 0 N–H and O–H groups in total. The van der Waals surface area contributed by atoms with Crippen molar-refractivity contribution in [2.75, 3.05) is 0 Å². The Hall–Kier alpha value is -4.62. The van der Waals surface area contributed by atoms with Crippen LogP contribution in [0.4, 0.5) is 0 Å². The lowest BCUT2D eigenvalue weighted by Crippen LogP contribution is -2.22. The highest BCUT2D eigenvalue weighted by atomic mass is 35.5. The van der Waals surface area contributed by atoms with Crippen LogP contribution < -0.4 is 5.56 Å². The Morgan fingerprint density at radius 2 is 1.49 bits per heavy atom. The van der Waals surface area contributed by atoms with Crippen LogP contribution in [0.1, 0.15) is 0 Å². The SMILES string of the molecule is O=c1c2cnn(-c3ccccc3)c2nc(-c2ccc(-c3cnccn3)cc2)n1-c1ccc(Cl)cc1. The molecule has 0 radical (unpaired) electrons. The molecular formula is C27H17ClN6O. The largest absolute Gasteiger partial charge is 0.269 e. The van der Waals surface area contributed by atoms with Crippen molar-refractivity contribution in [3.05, 3.63) is 119 Å². The summed E-state index contributed by atoms with van der Waals surface area (Å²) in [5, 5.41) is 5.47. The van der Waals surface area contributed by atoms with Gasteiger partial charge in [0.05, 0.1) is 29.5 Å². The summed E-state index contributed by atoms with van der Waals surface area (Å²) in [5.74, 6) is 0.494. The second kappa shape index (κ2) is 8.62. The third-order valence-electron chi connectivity index (χ3n) is 5.69. The van der Waals surface area contributed by atoms with Gasteiger partial charge in [-0.15, -0.1) is 0 Å². The number of hydrogen-bond donors (Lipinski definition) is 0. The van der Waals surface area contributed by atoms with E-state index >= 15 is 0 Å². The molecule has 8 heteroatoms. The molecule has 3 aromatic heterocycles. The fourth-order valence-electron chi connectivity index (χ4n) is 3.99. The van der Waals surface area contributed by atoms with Gasteiger partial charge in [0.25, 0.3) is 5.56 Å². The van der Waals surface area contributed by atoms with Gasteiger partial charge in [0.2, 0.25) is 0 Å². The Morgan fingerprint density at radius 3 is 2.20 bits per heavy atom. The molecule has 7 nitrogen and oxygen atoms in total. The zero-order valence-electron chi connectivity index (χ0n) is 18.3. The topological polar surface area (TPSA) is 78.5 Å². The minimum absolute atomic E-state index is 0.215. The lowest BCUT2D eigenvalue weighted by atomic mass is 10.1. The Balaban J connectivity index is 1.59. The first-order chi connectivity index (χ1) is 17.2. The van der Waals surface area contributed by atoms with Gasteiger partial charge in [-0.05, 0) is 36.4 Å². The summed E-state index contributed by atoms with van der Waals surface area (Å²) >= 11 is 6.11. The van der Waals surface area contributed by atoms with Gasteiger partial charge in [-0.1, -0.05) is 54.1 Å². The van der Waals surface area contributed by atoms with Gasteiger partial charge >= 0.3 is 0 Å². The summed E-state index contributed by atoms with van der Waals surface area (Å²) < 4.78 is 3.27. The van der Waals surface area contributed by atoms with E-state index in [2.05, 4.69) is 15.1 Å². The summed E-state index contributed by atoms with van der Waals surface area (Å²) in [7, 11) is 0. The van der Waals surface area contributed by atoms with Crippen LogP contribution in [-0.2, 0) is 0 Å². The smallest absolute Gasteiger partial charge is 0.268 e. The van der Waals surface area contributed by atoms with E-state index in [-0.39, 0.29) is 5.56 Å². The van der Waals surface area contributed by atoms with E-state index in [0.29, 0.717) is 27.6 Å². The molecular weight excluding hydrogens is 460 g/mol. The van der Waals surface area contributed by atoms with Crippen LogP contribution in [0.15, 0.2) is 108 Å². The van der Waals surface area contributed by atoms with E-state index in [1.54, 1.807) is 58.3 Å². The summed E-state index contributed by atoms with van der Waals surface area (Å²) in [6.45, 7) is 0. The van der Waals surface area contributed by atoms with Gasteiger partial charge < -0.3 is 0 Å². The molecule has 0 bridgehead atoms. The van der Waals surface area contributed by atoms with Crippen LogP contribution in [0.2, 0.25) is 5.02 Å². The molecule has 0 saturated carbocycles. The van der Waals surface area contributed by atoms with E-state index in [0.717, 1.165) is 22.5 Å². The predicted molar refractivity (Wildman–Crippen MR) is 136 cm³/mol. The van der Waals surface area contributed by atoms with Crippen molar-refractivity contribution in [2.24, 2.45) is 0 Å². The molecule has 0 spiro atoms. The number of benzene rings is 3. The van der Waals surface area contributed by atoms with E-state index in [4.69, 9.17) is 16.6 Å². The monoisotopic (exact) mass is 476 g/mol. The lowest BCUT2D eigenvalue weighted by Gasteiger charge is -2.14. The number of para-hydroxylation sites is 1. The van der Waals surface area contributed by atoms with Crippen LogP contribution in [0, 0.1) is 0 Å². The Bertz CT molecular complexity index is 1690. The highest BCUT2D eigenvalue weighted by Gasteiger charge is 2.18. The van der Waals surface area contributed by atoms with Crippen molar-refractivity contribution in [1.82, 2.24) is 29.3 Å². The summed E-state index contributed by atoms with van der Waals surface area (Å²) in [6, 6.07) is 24.5. The van der Waals surface area contributed by atoms with E-state index < -0.39 is 0 Å². The first-order valence-corrected chi connectivity index (χ1v) is 11.3. The quantitative estimate of drug-likeness (QED) is 0.343. The van der Waals surface area contributed by atoms with Crippen molar-refractivity contribution in [3.63, 3.8) is 0 Å². The maximum absolute atomic E-state index is 13.8. The Morgan fingerprint density at radius 1 is 0.743 bits per heavy atom. The number of hydrogen-bond acceptors (Lipinski definition) is 5. The van der Waals surface area contributed by atoms with Crippen molar-refractivity contribution in [1.29, 1.82) is 0 Å². The third kappa shape index (κ3) is 3.78.